The molecule has 0 bridgehead atoms. The van der Waals surface area contributed by atoms with E-state index in [0.29, 0.717) is 6.54 Å². The molecule has 0 aliphatic carbocycles. The smallest absolute Gasteiger partial charge is 0.242 e. The first kappa shape index (κ1) is 17.4. The number of para-hydroxylation sites is 1. The van der Waals surface area contributed by atoms with Gasteiger partial charge in [0.15, 0.2) is 0 Å². The van der Waals surface area contributed by atoms with Gasteiger partial charge in [-0.25, -0.2) is 0 Å². The molecule has 1 fully saturated rings. The third kappa shape index (κ3) is 4.05. The summed E-state index contributed by atoms with van der Waals surface area (Å²) < 4.78 is 0. The fraction of sp³-hybridized carbons (Fsp3) is 0.381. The van der Waals surface area contributed by atoms with Gasteiger partial charge in [-0.1, -0.05) is 42.5 Å². The molecule has 0 saturated carbocycles. The van der Waals surface area contributed by atoms with Gasteiger partial charge < -0.3 is 9.80 Å². The second-order valence-corrected chi connectivity index (χ2v) is 8.02. The number of thioether (sulfide) groups is 1. The number of amides is 1. The molecule has 1 saturated heterocycles. The SMILES string of the molecule is O=C(CN1CCSc2ccccc21)N1CCN(Cc2ccccc2)CC1. The van der Waals surface area contributed by atoms with Crippen LogP contribution < -0.4 is 4.90 Å². The Bertz CT molecular complexity index is 744. The number of hydrogen-bond donors (Lipinski definition) is 0. The Balaban J connectivity index is 1.30. The highest BCUT2D eigenvalue weighted by atomic mass is 32.2. The van der Waals surface area contributed by atoms with E-state index >= 15 is 0 Å². The van der Waals surface area contributed by atoms with E-state index in [-0.39, 0.29) is 5.91 Å². The molecule has 2 heterocycles. The zero-order chi connectivity index (χ0) is 17.8. The second kappa shape index (κ2) is 8.14. The van der Waals surface area contributed by atoms with Crippen molar-refractivity contribution < 1.29 is 4.79 Å². The summed E-state index contributed by atoms with van der Waals surface area (Å²) in [6.45, 7) is 5.98. The first-order valence-corrected chi connectivity index (χ1v) is 10.3. The van der Waals surface area contributed by atoms with Crippen molar-refractivity contribution in [3.63, 3.8) is 0 Å². The van der Waals surface area contributed by atoms with Gasteiger partial charge in [-0.3, -0.25) is 9.69 Å². The van der Waals surface area contributed by atoms with Crippen LogP contribution in [-0.4, -0.2) is 60.7 Å². The average Bonchev–Trinajstić information content (AvgIpc) is 2.70. The predicted molar refractivity (Wildman–Crippen MR) is 108 cm³/mol. The highest BCUT2D eigenvalue weighted by molar-refractivity contribution is 7.99. The fourth-order valence-corrected chi connectivity index (χ4v) is 4.70. The Kier molecular flexibility index (Phi) is 5.46. The third-order valence-corrected chi connectivity index (χ3v) is 6.17. The lowest BCUT2D eigenvalue weighted by atomic mass is 10.2. The van der Waals surface area contributed by atoms with E-state index in [1.807, 2.05) is 16.7 Å². The van der Waals surface area contributed by atoms with Gasteiger partial charge in [-0.05, 0) is 17.7 Å². The number of anilines is 1. The maximum atomic E-state index is 12.8. The lowest BCUT2D eigenvalue weighted by Gasteiger charge is -2.37. The molecule has 0 unspecified atom stereocenters. The summed E-state index contributed by atoms with van der Waals surface area (Å²) in [5.41, 5.74) is 2.55. The standard InChI is InChI=1S/C21H25N3OS/c25-21(17-24-14-15-26-20-9-5-4-8-19(20)24)23-12-10-22(11-13-23)16-18-6-2-1-3-7-18/h1-9H,10-17H2. The van der Waals surface area contributed by atoms with E-state index in [1.54, 1.807) is 0 Å². The number of nitrogens with zero attached hydrogens (tertiary/aromatic N) is 3. The average molecular weight is 368 g/mol. The van der Waals surface area contributed by atoms with E-state index in [9.17, 15) is 4.79 Å². The van der Waals surface area contributed by atoms with Crippen molar-refractivity contribution in [3.8, 4) is 0 Å². The zero-order valence-corrected chi connectivity index (χ0v) is 15.8. The largest absolute Gasteiger partial charge is 0.360 e. The Morgan fingerprint density at radius 2 is 1.62 bits per heavy atom. The molecule has 0 radical (unpaired) electrons. The van der Waals surface area contributed by atoms with Crippen LogP contribution in [0.2, 0.25) is 0 Å². The van der Waals surface area contributed by atoms with Gasteiger partial charge in [0.2, 0.25) is 5.91 Å². The lowest BCUT2D eigenvalue weighted by Crippen LogP contribution is -2.51. The van der Waals surface area contributed by atoms with Gasteiger partial charge in [-0.15, -0.1) is 11.8 Å². The molecule has 2 aliphatic heterocycles. The Morgan fingerprint density at radius 1 is 0.885 bits per heavy atom. The predicted octanol–water partition coefficient (Wildman–Crippen LogP) is 2.94. The van der Waals surface area contributed by atoms with E-state index in [4.69, 9.17) is 0 Å². The number of fused-ring (bicyclic) bond motifs is 1. The molecule has 0 atom stereocenters. The van der Waals surface area contributed by atoms with Crippen LogP contribution >= 0.6 is 11.8 Å². The number of hydrogen-bond acceptors (Lipinski definition) is 4. The molecule has 136 valence electrons. The summed E-state index contributed by atoms with van der Waals surface area (Å²) in [7, 11) is 0. The first-order valence-electron chi connectivity index (χ1n) is 9.30. The minimum Gasteiger partial charge on any atom is -0.360 e. The zero-order valence-electron chi connectivity index (χ0n) is 15.0. The summed E-state index contributed by atoms with van der Waals surface area (Å²) in [4.78, 5) is 20.8. The summed E-state index contributed by atoms with van der Waals surface area (Å²) in [5.74, 6) is 1.31. The van der Waals surface area contributed by atoms with Crippen LogP contribution in [-0.2, 0) is 11.3 Å². The van der Waals surface area contributed by atoms with E-state index in [1.165, 1.54) is 16.1 Å². The van der Waals surface area contributed by atoms with Crippen LogP contribution in [0.5, 0.6) is 0 Å². The van der Waals surface area contributed by atoms with Crippen molar-refractivity contribution >= 4 is 23.4 Å². The van der Waals surface area contributed by atoms with Crippen LogP contribution in [0.4, 0.5) is 5.69 Å². The van der Waals surface area contributed by atoms with Gasteiger partial charge >= 0.3 is 0 Å². The number of carbonyl (C=O) groups excluding carboxylic acids is 1. The van der Waals surface area contributed by atoms with E-state index in [0.717, 1.165) is 45.0 Å². The van der Waals surface area contributed by atoms with E-state index < -0.39 is 0 Å². The number of benzene rings is 2. The Hall–Kier alpha value is -1.98. The molecule has 26 heavy (non-hydrogen) atoms. The molecule has 5 heteroatoms. The summed E-state index contributed by atoms with van der Waals surface area (Å²) in [6, 6.07) is 19.0. The number of piperazine rings is 1. The summed E-state index contributed by atoms with van der Waals surface area (Å²) in [5, 5.41) is 0. The third-order valence-electron chi connectivity index (χ3n) is 5.12. The maximum Gasteiger partial charge on any atom is 0.242 e. The van der Waals surface area contributed by atoms with Crippen LogP contribution in [0, 0.1) is 0 Å². The molecule has 2 aliphatic rings. The van der Waals surface area contributed by atoms with Crippen LogP contribution in [0.1, 0.15) is 5.56 Å². The minimum absolute atomic E-state index is 0.256. The molecule has 1 amide bonds. The van der Waals surface area contributed by atoms with Crippen molar-refractivity contribution in [2.24, 2.45) is 0 Å². The van der Waals surface area contributed by atoms with Gasteiger partial charge in [0, 0.05) is 49.9 Å². The maximum absolute atomic E-state index is 12.8. The van der Waals surface area contributed by atoms with Crippen molar-refractivity contribution in [2.75, 3.05) is 49.9 Å². The molecule has 4 nitrogen and oxygen atoms in total. The summed E-state index contributed by atoms with van der Waals surface area (Å²) in [6.07, 6.45) is 0. The molecule has 2 aromatic rings. The van der Waals surface area contributed by atoms with Crippen molar-refractivity contribution in [1.82, 2.24) is 9.80 Å². The van der Waals surface area contributed by atoms with Crippen molar-refractivity contribution in [3.05, 3.63) is 60.2 Å². The quantitative estimate of drug-likeness (QED) is 0.830. The van der Waals surface area contributed by atoms with Crippen molar-refractivity contribution in [2.45, 2.75) is 11.4 Å². The molecule has 4 rings (SSSR count). The fourth-order valence-electron chi connectivity index (χ4n) is 3.65. The van der Waals surface area contributed by atoms with Gasteiger partial charge in [0.05, 0.1) is 12.2 Å². The normalized spacial score (nSPS) is 17.8. The lowest BCUT2D eigenvalue weighted by molar-refractivity contribution is -0.131. The number of rotatable bonds is 4. The molecule has 2 aromatic carbocycles. The Labute approximate surface area is 159 Å². The monoisotopic (exact) mass is 367 g/mol. The molecular weight excluding hydrogens is 342 g/mol. The van der Waals surface area contributed by atoms with Crippen LogP contribution in [0.25, 0.3) is 0 Å². The molecule has 0 aromatic heterocycles. The van der Waals surface area contributed by atoms with Gasteiger partial charge in [-0.2, -0.15) is 0 Å². The highest BCUT2D eigenvalue weighted by Crippen LogP contribution is 2.34. The van der Waals surface area contributed by atoms with E-state index in [2.05, 4.69) is 64.4 Å². The second-order valence-electron chi connectivity index (χ2n) is 6.88. The highest BCUT2D eigenvalue weighted by Gasteiger charge is 2.25. The van der Waals surface area contributed by atoms with Gasteiger partial charge in [0.25, 0.3) is 0 Å². The minimum atomic E-state index is 0.256. The molecular formula is C21H25N3OS. The van der Waals surface area contributed by atoms with Crippen LogP contribution in [0.3, 0.4) is 0 Å². The molecule has 0 N–H and O–H groups in total. The number of carbonyl (C=O) groups is 1. The topological polar surface area (TPSA) is 26.8 Å². The van der Waals surface area contributed by atoms with Crippen LogP contribution in [0.15, 0.2) is 59.5 Å². The van der Waals surface area contributed by atoms with Gasteiger partial charge in [0.1, 0.15) is 0 Å². The molecule has 0 spiro atoms. The summed E-state index contributed by atoms with van der Waals surface area (Å²) >= 11 is 1.88. The van der Waals surface area contributed by atoms with Crippen molar-refractivity contribution in [1.29, 1.82) is 0 Å². The Morgan fingerprint density at radius 3 is 2.42 bits per heavy atom. The first-order chi connectivity index (χ1) is 12.8.